The van der Waals surface area contributed by atoms with Crippen molar-refractivity contribution in [2.45, 2.75) is 4.90 Å². The quantitative estimate of drug-likeness (QED) is 0.834. The summed E-state index contributed by atoms with van der Waals surface area (Å²) < 4.78 is 61.5. The Morgan fingerprint density at radius 2 is 1.88 bits per heavy atom. The van der Waals surface area contributed by atoms with Gasteiger partial charge >= 0.3 is 12.1 Å². The van der Waals surface area contributed by atoms with Crippen LogP contribution in [0.5, 0.6) is 5.75 Å². The number of benzene rings is 1. The molecule has 1 rings (SSSR count). The van der Waals surface area contributed by atoms with Crippen molar-refractivity contribution in [2.24, 2.45) is 5.14 Å². The van der Waals surface area contributed by atoms with E-state index in [2.05, 4.69) is 4.74 Å². The Bertz CT molecular complexity index is 523. The van der Waals surface area contributed by atoms with Crippen molar-refractivity contribution in [1.29, 1.82) is 0 Å². The smallest absolute Gasteiger partial charge is 0.344 e. The van der Waals surface area contributed by atoms with Gasteiger partial charge in [-0.25, -0.2) is 13.6 Å². The highest BCUT2D eigenvalue weighted by atomic mass is 32.2. The van der Waals surface area contributed by atoms with E-state index < -0.39 is 27.9 Å². The van der Waals surface area contributed by atoms with Gasteiger partial charge in [0, 0.05) is 6.07 Å². The molecule has 0 heterocycles. The third-order valence-electron chi connectivity index (χ3n) is 1.49. The average Bonchev–Trinajstić information content (AvgIpc) is 2.16. The second-order valence-corrected chi connectivity index (χ2v) is 4.22. The van der Waals surface area contributed by atoms with Crippen LogP contribution in [0.2, 0.25) is 0 Å². The van der Waals surface area contributed by atoms with Crippen molar-refractivity contribution in [1.82, 2.24) is 0 Å². The molecule has 1 aromatic carbocycles. The first-order valence-corrected chi connectivity index (χ1v) is 5.37. The van der Waals surface area contributed by atoms with Gasteiger partial charge in [0.15, 0.2) is 0 Å². The maximum Gasteiger partial charge on any atom is 0.344 e. The first-order valence-electron chi connectivity index (χ1n) is 3.82. The Hall–Kier alpha value is -1.54. The minimum Gasteiger partial charge on any atom is -0.428 e. The largest absolute Gasteiger partial charge is 0.428 e. The Kier molecular flexibility index (Phi) is 3.55. The van der Waals surface area contributed by atoms with E-state index in [0.717, 1.165) is 18.2 Å². The van der Waals surface area contributed by atoms with Crippen LogP contribution < -0.4 is 9.88 Å². The van der Waals surface area contributed by atoms with E-state index in [-0.39, 0.29) is 4.90 Å². The molecule has 0 amide bonds. The third kappa shape index (κ3) is 3.24. The molecule has 16 heavy (non-hydrogen) atoms. The van der Waals surface area contributed by atoms with E-state index in [0.29, 0.717) is 0 Å². The summed E-state index contributed by atoms with van der Waals surface area (Å²) in [7, 11) is -3.99. The van der Waals surface area contributed by atoms with Crippen LogP contribution >= 0.6 is 0 Å². The number of sulfonamides is 1. The number of rotatable bonds is 3. The maximum atomic E-state index is 12.4. The molecule has 0 bridgehead atoms. The standard InChI is InChI=1S/C8H6F3NO3S/c9-7(10)8(11)15-5-2-1-3-6(4-5)16(12,13)14/h1-4H,(H2,12,13,14). The van der Waals surface area contributed by atoms with Gasteiger partial charge < -0.3 is 4.74 Å². The van der Waals surface area contributed by atoms with Crippen LogP contribution in [0.1, 0.15) is 0 Å². The fourth-order valence-electron chi connectivity index (χ4n) is 0.857. The van der Waals surface area contributed by atoms with Crippen molar-refractivity contribution in [2.75, 3.05) is 0 Å². The molecule has 8 heteroatoms. The fraction of sp³-hybridized carbons (Fsp3) is 0. The lowest BCUT2D eigenvalue weighted by Crippen LogP contribution is -2.12. The zero-order valence-electron chi connectivity index (χ0n) is 7.65. The number of hydrogen-bond acceptors (Lipinski definition) is 3. The maximum absolute atomic E-state index is 12.4. The highest BCUT2D eigenvalue weighted by molar-refractivity contribution is 7.89. The zero-order chi connectivity index (χ0) is 12.3. The topological polar surface area (TPSA) is 69.4 Å². The number of primary sulfonamides is 1. The predicted octanol–water partition coefficient (Wildman–Crippen LogP) is 1.75. The highest BCUT2D eigenvalue weighted by Gasteiger charge is 2.11. The van der Waals surface area contributed by atoms with Crippen molar-refractivity contribution in [3.8, 4) is 5.75 Å². The van der Waals surface area contributed by atoms with E-state index in [1.54, 1.807) is 0 Å². The van der Waals surface area contributed by atoms with Gasteiger partial charge in [0.2, 0.25) is 10.0 Å². The summed E-state index contributed by atoms with van der Waals surface area (Å²) in [5, 5.41) is 4.78. The molecule has 0 aromatic heterocycles. The summed E-state index contributed by atoms with van der Waals surface area (Å²) in [6.07, 6.45) is -2.64. The minimum absolute atomic E-state index is 0.364. The molecular weight excluding hydrogens is 247 g/mol. The van der Waals surface area contributed by atoms with Crippen LogP contribution in [0.25, 0.3) is 0 Å². The van der Waals surface area contributed by atoms with E-state index in [4.69, 9.17) is 5.14 Å². The van der Waals surface area contributed by atoms with Crippen LogP contribution in [-0.4, -0.2) is 8.42 Å². The fourth-order valence-corrected chi connectivity index (χ4v) is 1.41. The van der Waals surface area contributed by atoms with Crippen LogP contribution in [0.15, 0.2) is 41.3 Å². The SMILES string of the molecule is NS(=O)(=O)c1cccc(OC(F)=C(F)F)c1. The molecule has 4 nitrogen and oxygen atoms in total. The Morgan fingerprint density at radius 1 is 1.25 bits per heavy atom. The molecule has 0 aliphatic heterocycles. The molecule has 0 radical (unpaired) electrons. The highest BCUT2D eigenvalue weighted by Crippen LogP contribution is 2.21. The number of nitrogens with two attached hydrogens (primary N) is 1. The van der Waals surface area contributed by atoms with Crippen LogP contribution in [-0.2, 0) is 10.0 Å². The lowest BCUT2D eigenvalue weighted by atomic mass is 10.3. The van der Waals surface area contributed by atoms with Crippen molar-refractivity contribution in [3.63, 3.8) is 0 Å². The summed E-state index contributed by atoms with van der Waals surface area (Å²) in [5.74, 6) is -0.392. The molecule has 2 N–H and O–H groups in total. The zero-order valence-corrected chi connectivity index (χ0v) is 8.47. The summed E-state index contributed by atoms with van der Waals surface area (Å²) in [6.45, 7) is 0. The van der Waals surface area contributed by atoms with Gasteiger partial charge in [0.1, 0.15) is 5.75 Å². The number of hydrogen-bond donors (Lipinski definition) is 1. The lowest BCUT2D eigenvalue weighted by molar-refractivity contribution is 0.241. The predicted molar refractivity (Wildman–Crippen MR) is 48.8 cm³/mol. The van der Waals surface area contributed by atoms with Crippen LogP contribution in [0, 0.1) is 0 Å². The monoisotopic (exact) mass is 253 g/mol. The molecule has 1 aromatic rings. The first kappa shape index (κ1) is 12.5. The molecule has 88 valence electrons. The summed E-state index contributed by atoms with van der Waals surface area (Å²) in [4.78, 5) is -0.364. The summed E-state index contributed by atoms with van der Waals surface area (Å²) in [6, 6.07) is 2.15. The lowest BCUT2D eigenvalue weighted by Gasteiger charge is -2.03. The first-order chi connectivity index (χ1) is 7.30. The average molecular weight is 253 g/mol. The van der Waals surface area contributed by atoms with E-state index in [9.17, 15) is 21.6 Å². The van der Waals surface area contributed by atoms with Gasteiger partial charge in [-0.2, -0.15) is 13.2 Å². The van der Waals surface area contributed by atoms with Gasteiger partial charge in [0.05, 0.1) is 4.90 Å². The minimum atomic E-state index is -3.99. The van der Waals surface area contributed by atoms with Gasteiger partial charge in [0.25, 0.3) is 0 Å². The second-order valence-electron chi connectivity index (χ2n) is 2.66. The Morgan fingerprint density at radius 3 is 2.38 bits per heavy atom. The summed E-state index contributed by atoms with van der Waals surface area (Å²) in [5.41, 5.74) is 0. The van der Waals surface area contributed by atoms with Crippen molar-refractivity contribution >= 4 is 10.0 Å². The second kappa shape index (κ2) is 4.54. The number of ether oxygens (including phenoxy) is 1. The normalized spacial score (nSPS) is 11.0. The van der Waals surface area contributed by atoms with Crippen LogP contribution in [0.4, 0.5) is 13.2 Å². The van der Waals surface area contributed by atoms with Crippen molar-refractivity contribution in [3.05, 3.63) is 36.4 Å². The molecule has 0 unspecified atom stereocenters. The molecule has 0 aliphatic rings. The van der Waals surface area contributed by atoms with Gasteiger partial charge in [-0.3, -0.25) is 0 Å². The molecule has 0 spiro atoms. The van der Waals surface area contributed by atoms with E-state index in [1.165, 1.54) is 6.07 Å². The molecule has 0 saturated carbocycles. The van der Waals surface area contributed by atoms with Gasteiger partial charge in [-0.05, 0) is 12.1 Å². The molecular formula is C8H6F3NO3S. The molecule has 0 atom stereocenters. The van der Waals surface area contributed by atoms with Gasteiger partial charge in [-0.1, -0.05) is 6.07 Å². The van der Waals surface area contributed by atoms with Gasteiger partial charge in [-0.15, -0.1) is 0 Å². The summed E-state index contributed by atoms with van der Waals surface area (Å²) >= 11 is 0. The van der Waals surface area contributed by atoms with Crippen LogP contribution in [0.3, 0.4) is 0 Å². The third-order valence-corrected chi connectivity index (χ3v) is 2.40. The van der Waals surface area contributed by atoms with E-state index >= 15 is 0 Å². The molecule has 0 aliphatic carbocycles. The molecule has 0 fully saturated rings. The Labute approximate surface area is 89.2 Å². The number of halogens is 3. The van der Waals surface area contributed by atoms with E-state index in [1.807, 2.05) is 0 Å². The molecule has 0 saturated heterocycles. The Balaban J connectivity index is 3.06. The van der Waals surface area contributed by atoms with Crippen molar-refractivity contribution < 1.29 is 26.3 Å².